The van der Waals surface area contributed by atoms with E-state index in [1.54, 1.807) is 0 Å². The van der Waals surface area contributed by atoms with Crippen molar-refractivity contribution in [3.63, 3.8) is 0 Å². The lowest BCUT2D eigenvalue weighted by molar-refractivity contribution is -0.141. The summed E-state index contributed by atoms with van der Waals surface area (Å²) in [6.45, 7) is 0.364. The molecule has 0 aliphatic carbocycles. The topological polar surface area (TPSA) is 197 Å². The number of aryl methyl sites for hydroxylation is 1. The van der Waals surface area contributed by atoms with Gasteiger partial charge in [-0.2, -0.15) is 0 Å². The quantitative estimate of drug-likeness (QED) is 0.244. The van der Waals surface area contributed by atoms with Gasteiger partial charge in [0.1, 0.15) is 23.2 Å². The van der Waals surface area contributed by atoms with Gasteiger partial charge < -0.3 is 41.4 Å². The largest absolute Gasteiger partial charge is 0.507 e. The molecule has 8 N–H and O–H groups in total. The minimum atomic E-state index is -1.58. The van der Waals surface area contributed by atoms with Gasteiger partial charge in [-0.15, -0.1) is 0 Å². The number of likely N-dealkylation sites (tertiary alicyclic amines) is 1. The number of carboxylic acid groups (broad SMARTS) is 1. The van der Waals surface area contributed by atoms with E-state index in [1.807, 2.05) is 0 Å². The fourth-order valence-electron chi connectivity index (χ4n) is 2.93. The highest BCUT2D eigenvalue weighted by Gasteiger charge is 2.35. The Balaban J connectivity index is 1.99. The lowest BCUT2D eigenvalue weighted by Gasteiger charge is -2.40. The van der Waals surface area contributed by atoms with E-state index < -0.39 is 42.5 Å². The summed E-state index contributed by atoms with van der Waals surface area (Å²) in [5.74, 6) is -2.86. The van der Waals surface area contributed by atoms with Crippen molar-refractivity contribution in [2.75, 3.05) is 13.1 Å². The van der Waals surface area contributed by atoms with Crippen molar-refractivity contribution in [1.82, 2.24) is 4.90 Å². The van der Waals surface area contributed by atoms with Crippen LogP contribution in [0.5, 0.6) is 11.5 Å². The highest BCUT2D eigenvalue weighted by atomic mass is 16.5. The molecule has 1 fully saturated rings. The number of aromatic hydroxyl groups is 1. The number of carbonyl (C=O) groups excluding carboxylic acids is 2. The first-order chi connectivity index (χ1) is 13.6. The second-order valence-corrected chi connectivity index (χ2v) is 6.87. The second-order valence-electron chi connectivity index (χ2n) is 6.87. The van der Waals surface area contributed by atoms with E-state index in [0.717, 1.165) is 0 Å². The number of primary amides is 1. The van der Waals surface area contributed by atoms with E-state index in [9.17, 15) is 24.6 Å². The maximum absolute atomic E-state index is 12.2. The van der Waals surface area contributed by atoms with E-state index in [-0.39, 0.29) is 55.9 Å². The number of hydrogen-bond donors (Lipinski definition) is 6. The van der Waals surface area contributed by atoms with Gasteiger partial charge in [0.25, 0.3) is 0 Å². The third kappa shape index (κ3) is 5.83. The number of benzene rings is 1. The van der Waals surface area contributed by atoms with E-state index in [1.165, 1.54) is 17.0 Å². The molecule has 158 valence electrons. The van der Waals surface area contributed by atoms with Crippen molar-refractivity contribution < 1.29 is 39.4 Å². The molecule has 11 nitrogen and oxygen atoms in total. The lowest BCUT2D eigenvalue weighted by Crippen LogP contribution is -2.60. The van der Waals surface area contributed by atoms with Gasteiger partial charge in [0.05, 0.1) is 19.1 Å². The number of carbonyl (C=O) groups is 3. The van der Waals surface area contributed by atoms with Gasteiger partial charge >= 0.3 is 13.1 Å². The predicted molar refractivity (Wildman–Crippen MR) is 101 cm³/mol. The molecule has 2 rings (SSSR count). The van der Waals surface area contributed by atoms with Crippen molar-refractivity contribution in [1.29, 1.82) is 0 Å². The third-order valence-electron chi connectivity index (χ3n) is 4.58. The smallest absolute Gasteiger partial charge is 0.451 e. The van der Waals surface area contributed by atoms with Crippen LogP contribution in [0.2, 0.25) is 6.32 Å². The Kier molecular flexibility index (Phi) is 7.43. The van der Waals surface area contributed by atoms with E-state index in [2.05, 4.69) is 0 Å². The number of nitrogens with zero attached hydrogens (tertiary/aromatic N) is 1. The van der Waals surface area contributed by atoms with E-state index >= 15 is 0 Å². The van der Waals surface area contributed by atoms with Crippen LogP contribution in [0.15, 0.2) is 12.1 Å². The average Bonchev–Trinajstić information content (AvgIpc) is 2.60. The zero-order valence-electron chi connectivity index (χ0n) is 15.7. The number of amides is 2. The van der Waals surface area contributed by atoms with Crippen molar-refractivity contribution in [2.45, 2.75) is 37.7 Å². The Morgan fingerprint density at radius 1 is 1.28 bits per heavy atom. The van der Waals surface area contributed by atoms with Crippen LogP contribution in [-0.4, -0.2) is 75.3 Å². The first kappa shape index (κ1) is 22.5. The number of nitrogens with two attached hydrogens (primary N) is 2. The van der Waals surface area contributed by atoms with Gasteiger partial charge in [0.2, 0.25) is 11.8 Å². The fraction of sp³-hybridized carbons (Fsp3) is 0.471. The van der Waals surface area contributed by atoms with Crippen LogP contribution in [0.3, 0.4) is 0 Å². The normalized spacial score (nSPS) is 14.8. The van der Waals surface area contributed by atoms with Gasteiger partial charge in [-0.1, -0.05) is 6.07 Å². The molecule has 0 radical (unpaired) electrons. The molecule has 1 saturated heterocycles. The van der Waals surface area contributed by atoms with Crippen LogP contribution in [0.4, 0.5) is 0 Å². The summed E-state index contributed by atoms with van der Waals surface area (Å²) in [6, 6.07) is 1.97. The van der Waals surface area contributed by atoms with E-state index in [0.29, 0.717) is 0 Å². The number of carboxylic acids is 1. The highest BCUT2D eigenvalue weighted by Crippen LogP contribution is 2.34. The molecule has 1 aromatic rings. The number of phenols is 1. The molecule has 1 aromatic carbocycles. The molecule has 1 atom stereocenters. The van der Waals surface area contributed by atoms with Crippen molar-refractivity contribution in [3.05, 3.63) is 23.3 Å². The van der Waals surface area contributed by atoms with Crippen molar-refractivity contribution in [3.8, 4) is 11.5 Å². The Hall–Kier alpha value is -2.83. The summed E-state index contributed by atoms with van der Waals surface area (Å²) in [5, 5.41) is 37.5. The molecule has 0 spiro atoms. The average molecular weight is 409 g/mol. The zero-order valence-corrected chi connectivity index (χ0v) is 15.7. The molecular formula is C17H24BN3O8. The Morgan fingerprint density at radius 2 is 1.93 bits per heavy atom. The molecule has 1 aliphatic heterocycles. The van der Waals surface area contributed by atoms with Crippen LogP contribution in [0, 0.1) is 0 Å². The van der Waals surface area contributed by atoms with Crippen LogP contribution in [0.1, 0.15) is 28.8 Å². The molecule has 29 heavy (non-hydrogen) atoms. The number of rotatable bonds is 10. The molecule has 2 amide bonds. The molecule has 12 heteroatoms. The zero-order chi connectivity index (χ0) is 21.7. The van der Waals surface area contributed by atoms with Gasteiger partial charge in [0, 0.05) is 6.42 Å². The molecule has 1 heterocycles. The second kappa shape index (κ2) is 9.59. The summed E-state index contributed by atoms with van der Waals surface area (Å²) < 4.78 is 5.61. The Morgan fingerprint density at radius 3 is 2.48 bits per heavy atom. The van der Waals surface area contributed by atoms with Gasteiger partial charge in [-0.05, 0) is 30.8 Å². The lowest BCUT2D eigenvalue weighted by atomic mass is 9.82. The summed E-state index contributed by atoms with van der Waals surface area (Å²) in [5.41, 5.74) is 10.6. The number of hydrogen-bond acceptors (Lipinski definition) is 8. The fourth-order valence-corrected chi connectivity index (χ4v) is 2.93. The van der Waals surface area contributed by atoms with Crippen LogP contribution >= 0.6 is 0 Å². The van der Waals surface area contributed by atoms with Gasteiger partial charge in [0.15, 0.2) is 0 Å². The Bertz CT molecular complexity index is 782. The number of ether oxygens (including phenoxy) is 1. The van der Waals surface area contributed by atoms with Crippen LogP contribution in [-0.2, 0) is 16.0 Å². The molecule has 0 aromatic heterocycles. The standard InChI is InChI=1S/C17H24BN3O8/c19-11(2-4-13(20)22)16(24)21-7-10(8-21)29-12-3-1-9(5-6-18(27)28)15(23)14(12)17(25)26/h1,3,10-11,23,27-28H,2,4-8,19H2,(H2,20,22)(H,25,26). The predicted octanol–water partition coefficient (Wildman–Crippen LogP) is -1.71. The number of aromatic carboxylic acids is 1. The molecule has 0 bridgehead atoms. The monoisotopic (exact) mass is 409 g/mol. The van der Waals surface area contributed by atoms with Crippen molar-refractivity contribution in [2.24, 2.45) is 11.5 Å². The molecule has 1 aliphatic rings. The minimum absolute atomic E-state index is 0.00157. The maximum atomic E-state index is 12.2. The SMILES string of the molecule is NC(=O)CCC(N)C(=O)N1CC(Oc2ccc(CCB(O)O)c(O)c2C(=O)O)C1. The first-order valence-electron chi connectivity index (χ1n) is 9.03. The first-order valence-corrected chi connectivity index (χ1v) is 9.03. The maximum Gasteiger partial charge on any atom is 0.451 e. The summed E-state index contributed by atoms with van der Waals surface area (Å²) in [4.78, 5) is 35.9. The van der Waals surface area contributed by atoms with Crippen LogP contribution in [0.25, 0.3) is 0 Å². The third-order valence-corrected chi connectivity index (χ3v) is 4.58. The molecule has 1 unspecified atom stereocenters. The summed E-state index contributed by atoms with van der Waals surface area (Å²) >= 11 is 0. The van der Waals surface area contributed by atoms with Crippen LogP contribution < -0.4 is 16.2 Å². The van der Waals surface area contributed by atoms with Crippen molar-refractivity contribution >= 4 is 24.9 Å². The Labute approximate surface area is 167 Å². The highest BCUT2D eigenvalue weighted by molar-refractivity contribution is 6.41. The molecular weight excluding hydrogens is 385 g/mol. The summed E-state index contributed by atoms with van der Waals surface area (Å²) in [7, 11) is -1.58. The van der Waals surface area contributed by atoms with Gasteiger partial charge in [-0.25, -0.2) is 4.79 Å². The van der Waals surface area contributed by atoms with E-state index in [4.69, 9.17) is 26.3 Å². The summed E-state index contributed by atoms with van der Waals surface area (Å²) in [6.07, 6.45) is -0.342. The minimum Gasteiger partial charge on any atom is -0.507 e. The van der Waals surface area contributed by atoms with Gasteiger partial charge in [-0.3, -0.25) is 9.59 Å². The molecule has 0 saturated carbocycles.